The number of nitrogens with zero attached hydrogens (tertiary/aromatic N) is 2. The molecule has 2 aromatic rings. The lowest BCUT2D eigenvalue weighted by Gasteiger charge is -2.29. The predicted octanol–water partition coefficient (Wildman–Crippen LogP) is 4.03. The van der Waals surface area contributed by atoms with Gasteiger partial charge in [-0.3, -0.25) is 14.5 Å². The number of nitrogens with one attached hydrogen (secondary N) is 1. The van der Waals surface area contributed by atoms with Gasteiger partial charge in [0.05, 0.1) is 5.69 Å². The zero-order valence-corrected chi connectivity index (χ0v) is 16.1. The summed E-state index contributed by atoms with van der Waals surface area (Å²) < 4.78 is 13.1. The maximum Gasteiger partial charge on any atom is 0.238 e. The van der Waals surface area contributed by atoms with E-state index in [9.17, 15) is 14.0 Å². The highest BCUT2D eigenvalue weighted by molar-refractivity contribution is 8.15. The number of aliphatic imine (C=N–C) groups is 1. The Morgan fingerprint density at radius 2 is 1.93 bits per heavy atom. The highest BCUT2D eigenvalue weighted by Gasteiger charge is 2.34. The fourth-order valence-corrected chi connectivity index (χ4v) is 3.76. The fourth-order valence-electron chi connectivity index (χ4n) is 2.69. The molecule has 1 saturated heterocycles. The third-order valence-corrected chi connectivity index (χ3v) is 5.49. The van der Waals surface area contributed by atoms with Gasteiger partial charge in [-0.2, -0.15) is 0 Å². The Bertz CT molecular complexity index is 912. The molecular formula is C20H20FN3O2S. The number of rotatable bonds is 3. The van der Waals surface area contributed by atoms with E-state index in [1.54, 1.807) is 7.05 Å². The molecule has 0 aliphatic carbocycles. The Morgan fingerprint density at radius 1 is 1.22 bits per heavy atom. The molecule has 1 heterocycles. The van der Waals surface area contributed by atoms with Crippen molar-refractivity contribution in [3.8, 4) is 0 Å². The number of hydrogen-bond acceptors (Lipinski definition) is 4. The van der Waals surface area contributed by atoms with Gasteiger partial charge in [0.25, 0.3) is 0 Å². The summed E-state index contributed by atoms with van der Waals surface area (Å²) in [6, 6.07) is 11.4. The Balaban J connectivity index is 1.78. The number of carbonyl (C=O) groups excluding carboxylic acids is 2. The van der Waals surface area contributed by atoms with E-state index in [0.717, 1.165) is 16.8 Å². The van der Waals surface area contributed by atoms with Crippen molar-refractivity contribution in [1.29, 1.82) is 0 Å². The molecule has 2 aromatic carbocycles. The summed E-state index contributed by atoms with van der Waals surface area (Å²) in [7, 11) is 1.62. The molecule has 1 N–H and O–H groups in total. The number of anilines is 1. The number of amides is 2. The SMILES string of the molecule is Cc1ccc(NC(=O)C2CC(=O)N(C)C(=Nc3ccc(F)cc3)S2)c(C)c1. The van der Waals surface area contributed by atoms with E-state index in [1.165, 1.54) is 40.9 Å². The summed E-state index contributed by atoms with van der Waals surface area (Å²) in [4.78, 5) is 30.8. The van der Waals surface area contributed by atoms with E-state index in [4.69, 9.17) is 0 Å². The number of benzene rings is 2. The summed E-state index contributed by atoms with van der Waals surface area (Å²) in [5.74, 6) is -0.777. The molecule has 3 rings (SSSR count). The first-order valence-electron chi connectivity index (χ1n) is 8.49. The first-order valence-corrected chi connectivity index (χ1v) is 9.37. The second-order valence-corrected chi connectivity index (χ2v) is 7.61. The van der Waals surface area contributed by atoms with Crippen molar-refractivity contribution in [2.24, 2.45) is 4.99 Å². The number of hydrogen-bond donors (Lipinski definition) is 1. The summed E-state index contributed by atoms with van der Waals surface area (Å²) >= 11 is 1.23. The summed E-state index contributed by atoms with van der Waals surface area (Å²) in [5.41, 5.74) is 3.33. The van der Waals surface area contributed by atoms with E-state index in [2.05, 4.69) is 10.3 Å². The Kier molecular flexibility index (Phi) is 5.60. The van der Waals surface area contributed by atoms with Crippen LogP contribution in [0, 0.1) is 19.7 Å². The van der Waals surface area contributed by atoms with Gasteiger partial charge in [0.1, 0.15) is 11.1 Å². The Morgan fingerprint density at radius 3 is 2.59 bits per heavy atom. The standard InChI is InChI=1S/C20H20FN3O2S/c1-12-4-9-16(13(2)10-12)23-19(26)17-11-18(25)24(3)20(27-17)22-15-7-5-14(21)6-8-15/h4-10,17H,11H2,1-3H3,(H,23,26). The first-order chi connectivity index (χ1) is 12.8. The maximum atomic E-state index is 13.1. The minimum atomic E-state index is -0.575. The smallest absolute Gasteiger partial charge is 0.238 e. The average molecular weight is 385 g/mol. The van der Waals surface area contributed by atoms with Gasteiger partial charge in [0.2, 0.25) is 11.8 Å². The van der Waals surface area contributed by atoms with Crippen molar-refractivity contribution >= 4 is 40.1 Å². The Labute approximate surface area is 161 Å². The summed E-state index contributed by atoms with van der Waals surface area (Å²) in [6.45, 7) is 3.92. The number of halogens is 1. The molecule has 0 spiro atoms. The van der Waals surface area contributed by atoms with Crippen LogP contribution in [0.2, 0.25) is 0 Å². The predicted molar refractivity (Wildman–Crippen MR) is 107 cm³/mol. The second-order valence-electron chi connectivity index (χ2n) is 6.44. The van der Waals surface area contributed by atoms with Gasteiger partial charge in [-0.25, -0.2) is 9.38 Å². The van der Waals surface area contributed by atoms with Crippen LogP contribution < -0.4 is 5.32 Å². The quantitative estimate of drug-likeness (QED) is 0.868. The van der Waals surface area contributed by atoms with E-state index in [-0.39, 0.29) is 24.1 Å². The molecule has 27 heavy (non-hydrogen) atoms. The molecule has 1 fully saturated rings. The molecule has 1 atom stereocenters. The van der Waals surface area contributed by atoms with Crippen molar-refractivity contribution in [1.82, 2.24) is 4.90 Å². The van der Waals surface area contributed by atoms with Gasteiger partial charge in [0, 0.05) is 19.2 Å². The van der Waals surface area contributed by atoms with Crippen LogP contribution in [0.25, 0.3) is 0 Å². The van der Waals surface area contributed by atoms with Crippen LogP contribution in [0.3, 0.4) is 0 Å². The molecule has 2 amide bonds. The number of carbonyl (C=O) groups is 2. The number of amidine groups is 1. The number of thioether (sulfide) groups is 1. The molecule has 1 unspecified atom stereocenters. The lowest BCUT2D eigenvalue weighted by Crippen LogP contribution is -2.43. The zero-order chi connectivity index (χ0) is 19.6. The van der Waals surface area contributed by atoms with Crippen molar-refractivity contribution in [2.75, 3.05) is 12.4 Å². The van der Waals surface area contributed by atoms with Crippen molar-refractivity contribution in [2.45, 2.75) is 25.5 Å². The van der Waals surface area contributed by atoms with E-state index >= 15 is 0 Å². The number of aryl methyl sites for hydroxylation is 2. The van der Waals surface area contributed by atoms with Crippen LogP contribution >= 0.6 is 11.8 Å². The van der Waals surface area contributed by atoms with E-state index in [1.807, 2.05) is 32.0 Å². The van der Waals surface area contributed by atoms with E-state index in [0.29, 0.717) is 10.9 Å². The van der Waals surface area contributed by atoms with Crippen molar-refractivity contribution < 1.29 is 14.0 Å². The molecule has 140 valence electrons. The van der Waals surface area contributed by atoms with Crippen LogP contribution in [-0.2, 0) is 9.59 Å². The molecule has 0 aromatic heterocycles. The third-order valence-electron chi connectivity index (χ3n) is 4.25. The lowest BCUT2D eigenvalue weighted by molar-refractivity contribution is -0.128. The maximum absolute atomic E-state index is 13.1. The summed E-state index contributed by atoms with van der Waals surface area (Å²) in [6.07, 6.45) is 0.0976. The largest absolute Gasteiger partial charge is 0.325 e. The van der Waals surface area contributed by atoms with Crippen LogP contribution in [0.1, 0.15) is 17.5 Å². The molecule has 1 aliphatic rings. The molecule has 1 aliphatic heterocycles. The first kappa shape index (κ1) is 19.1. The zero-order valence-electron chi connectivity index (χ0n) is 15.3. The van der Waals surface area contributed by atoms with Gasteiger partial charge in [-0.05, 0) is 49.7 Å². The molecule has 0 bridgehead atoms. The normalized spacial score (nSPS) is 18.7. The second kappa shape index (κ2) is 7.92. The van der Waals surface area contributed by atoms with Crippen LogP contribution in [0.5, 0.6) is 0 Å². The van der Waals surface area contributed by atoms with Gasteiger partial charge < -0.3 is 5.32 Å². The van der Waals surface area contributed by atoms with Crippen molar-refractivity contribution in [3.05, 3.63) is 59.4 Å². The molecule has 7 heteroatoms. The highest BCUT2D eigenvalue weighted by Crippen LogP contribution is 2.29. The highest BCUT2D eigenvalue weighted by atomic mass is 32.2. The monoisotopic (exact) mass is 385 g/mol. The summed E-state index contributed by atoms with van der Waals surface area (Å²) in [5, 5.41) is 2.74. The minimum Gasteiger partial charge on any atom is -0.325 e. The molecule has 0 radical (unpaired) electrons. The van der Waals surface area contributed by atoms with Crippen LogP contribution in [0.4, 0.5) is 15.8 Å². The van der Waals surface area contributed by atoms with Gasteiger partial charge in [-0.15, -0.1) is 0 Å². The minimum absolute atomic E-state index is 0.0976. The van der Waals surface area contributed by atoms with Gasteiger partial charge in [-0.1, -0.05) is 29.5 Å². The average Bonchev–Trinajstić information content (AvgIpc) is 2.63. The molecular weight excluding hydrogens is 365 g/mol. The van der Waals surface area contributed by atoms with Gasteiger partial charge >= 0.3 is 0 Å². The third kappa shape index (κ3) is 4.54. The fraction of sp³-hybridized carbons (Fsp3) is 0.250. The van der Waals surface area contributed by atoms with Crippen LogP contribution in [0.15, 0.2) is 47.5 Å². The van der Waals surface area contributed by atoms with Gasteiger partial charge in [0.15, 0.2) is 5.17 Å². The van der Waals surface area contributed by atoms with Crippen molar-refractivity contribution in [3.63, 3.8) is 0 Å². The Hall–Kier alpha value is -2.67. The molecule has 0 saturated carbocycles. The topological polar surface area (TPSA) is 61.8 Å². The molecule has 5 nitrogen and oxygen atoms in total. The lowest BCUT2D eigenvalue weighted by atomic mass is 10.1. The van der Waals surface area contributed by atoms with Crippen LogP contribution in [-0.4, -0.2) is 34.2 Å². The van der Waals surface area contributed by atoms with E-state index < -0.39 is 5.25 Å².